The van der Waals surface area contributed by atoms with Crippen LogP contribution in [0.4, 0.5) is 13.2 Å². The van der Waals surface area contributed by atoms with Crippen molar-refractivity contribution in [2.75, 3.05) is 19.6 Å². The number of carbonyl (C=O) groups is 2. The maximum Gasteiger partial charge on any atom is 0.490 e. The van der Waals surface area contributed by atoms with Gasteiger partial charge < -0.3 is 10.0 Å². The third-order valence-corrected chi connectivity index (χ3v) is 8.04. The highest BCUT2D eigenvalue weighted by atomic mass is 32.1. The van der Waals surface area contributed by atoms with Gasteiger partial charge in [-0.05, 0) is 57.9 Å². The Labute approximate surface area is 197 Å². The topological polar surface area (TPSA) is 73.7 Å². The molecule has 33 heavy (non-hydrogen) atoms. The predicted octanol–water partition coefficient (Wildman–Crippen LogP) is 5.01. The smallest absolute Gasteiger partial charge is 0.475 e. The van der Waals surface area contributed by atoms with E-state index >= 15 is 0 Å². The van der Waals surface area contributed by atoms with Crippen LogP contribution in [0.1, 0.15) is 74.1 Å². The van der Waals surface area contributed by atoms with Gasteiger partial charge in [0.25, 0.3) is 0 Å². The molecule has 1 unspecified atom stereocenters. The van der Waals surface area contributed by atoms with Crippen molar-refractivity contribution in [3.8, 4) is 0 Å². The molecule has 2 saturated heterocycles. The van der Waals surface area contributed by atoms with Gasteiger partial charge in [-0.2, -0.15) is 13.2 Å². The van der Waals surface area contributed by atoms with Crippen LogP contribution in [0.5, 0.6) is 0 Å². The molecule has 3 aliphatic rings. The van der Waals surface area contributed by atoms with Crippen LogP contribution in [0.15, 0.2) is 6.20 Å². The summed E-state index contributed by atoms with van der Waals surface area (Å²) in [6, 6.07) is 0. The highest BCUT2D eigenvalue weighted by Gasteiger charge is 2.46. The largest absolute Gasteiger partial charge is 0.490 e. The third-order valence-electron chi connectivity index (χ3n) is 7.14. The van der Waals surface area contributed by atoms with Crippen LogP contribution in [-0.2, 0) is 16.1 Å². The second kappa shape index (κ2) is 11.2. The maximum atomic E-state index is 12.7. The molecule has 1 saturated carbocycles. The Kier molecular flexibility index (Phi) is 8.77. The van der Waals surface area contributed by atoms with Crippen LogP contribution in [0.2, 0.25) is 0 Å². The summed E-state index contributed by atoms with van der Waals surface area (Å²) in [5.41, 5.74) is 0.160. The summed E-state index contributed by atoms with van der Waals surface area (Å²) in [5, 5.41) is 8.28. The molecular formula is C23H34F3N3O3S. The van der Waals surface area contributed by atoms with E-state index in [2.05, 4.69) is 21.7 Å². The number of hydrogen-bond acceptors (Lipinski definition) is 5. The summed E-state index contributed by atoms with van der Waals surface area (Å²) in [4.78, 5) is 32.3. The van der Waals surface area contributed by atoms with Gasteiger partial charge in [0.15, 0.2) is 0 Å². The van der Waals surface area contributed by atoms with Crippen molar-refractivity contribution in [2.45, 2.75) is 89.4 Å². The molecule has 1 N–H and O–H groups in total. The van der Waals surface area contributed by atoms with Gasteiger partial charge in [-0.25, -0.2) is 9.78 Å². The maximum absolute atomic E-state index is 12.7. The fourth-order valence-corrected chi connectivity index (χ4v) is 6.25. The molecule has 6 nitrogen and oxygen atoms in total. The fraction of sp³-hybridized carbons (Fsp3) is 0.783. The van der Waals surface area contributed by atoms with Crippen LogP contribution in [0.25, 0.3) is 0 Å². The van der Waals surface area contributed by atoms with Gasteiger partial charge in [0.2, 0.25) is 5.91 Å². The SMILES string of the molecule is Cc1ncc(CN2CCCC3(CCC(=O)N3CC3CCCCC3)CC2)s1.O=C(O)C(F)(F)F. The van der Waals surface area contributed by atoms with Gasteiger partial charge in [-0.1, -0.05) is 19.3 Å². The van der Waals surface area contributed by atoms with Crippen molar-refractivity contribution in [3.05, 3.63) is 16.1 Å². The van der Waals surface area contributed by atoms with Gasteiger partial charge in [0.1, 0.15) is 0 Å². The first-order chi connectivity index (χ1) is 15.6. The minimum absolute atomic E-state index is 0.160. The summed E-state index contributed by atoms with van der Waals surface area (Å²) < 4.78 is 31.7. The van der Waals surface area contributed by atoms with Gasteiger partial charge >= 0.3 is 12.1 Å². The standard InChI is InChI=1S/C21H33N3OS.C2HF3O2/c1-17-22-14-19(26-17)16-23-12-5-9-21(11-13-23)10-8-20(25)24(21)15-18-6-3-2-4-7-18;3-2(4,5)1(6)7/h14,18H,2-13,15-16H2,1H3;(H,6,7). The second-order valence-electron chi connectivity index (χ2n) is 9.51. The van der Waals surface area contributed by atoms with Crippen molar-refractivity contribution >= 4 is 23.2 Å². The number of likely N-dealkylation sites (tertiary alicyclic amines) is 2. The molecule has 1 amide bonds. The number of carboxylic acid groups (broad SMARTS) is 1. The minimum Gasteiger partial charge on any atom is -0.475 e. The molecule has 0 radical (unpaired) electrons. The van der Waals surface area contributed by atoms with E-state index in [0.29, 0.717) is 5.91 Å². The number of amides is 1. The quantitative estimate of drug-likeness (QED) is 0.644. The Hall–Kier alpha value is -1.68. The molecule has 4 rings (SSSR count). The second-order valence-corrected chi connectivity index (χ2v) is 10.8. The minimum atomic E-state index is -5.08. The Morgan fingerprint density at radius 2 is 1.88 bits per heavy atom. The summed E-state index contributed by atoms with van der Waals surface area (Å²) in [5.74, 6) is -1.57. The number of halogens is 3. The average Bonchev–Trinajstić information content (AvgIpc) is 3.22. The zero-order valence-corrected chi connectivity index (χ0v) is 20.0. The van der Waals surface area contributed by atoms with E-state index in [4.69, 9.17) is 9.90 Å². The van der Waals surface area contributed by atoms with Gasteiger partial charge in [-0.15, -0.1) is 11.3 Å². The summed E-state index contributed by atoms with van der Waals surface area (Å²) in [7, 11) is 0. The molecule has 3 fully saturated rings. The van der Waals surface area contributed by atoms with Gasteiger partial charge in [-0.3, -0.25) is 9.69 Å². The molecule has 1 aliphatic carbocycles. The van der Waals surface area contributed by atoms with Crippen LogP contribution in [0.3, 0.4) is 0 Å². The van der Waals surface area contributed by atoms with Crippen molar-refractivity contribution in [1.82, 2.24) is 14.8 Å². The highest BCUT2D eigenvalue weighted by molar-refractivity contribution is 7.11. The third kappa shape index (κ3) is 7.15. The predicted molar refractivity (Wildman–Crippen MR) is 120 cm³/mol. The average molecular weight is 490 g/mol. The number of alkyl halides is 3. The first-order valence-corrected chi connectivity index (χ1v) is 12.6. The zero-order chi connectivity index (χ0) is 24.1. The highest BCUT2D eigenvalue weighted by Crippen LogP contribution is 2.41. The molecule has 186 valence electrons. The van der Waals surface area contributed by atoms with Crippen molar-refractivity contribution in [2.24, 2.45) is 5.92 Å². The van der Waals surface area contributed by atoms with E-state index in [0.717, 1.165) is 56.4 Å². The van der Waals surface area contributed by atoms with Gasteiger partial charge in [0.05, 0.1) is 5.01 Å². The number of hydrogen-bond donors (Lipinski definition) is 1. The van der Waals surface area contributed by atoms with Crippen LogP contribution >= 0.6 is 11.3 Å². The molecule has 2 aliphatic heterocycles. The number of aryl methyl sites for hydroxylation is 1. The van der Waals surface area contributed by atoms with Gasteiger partial charge in [0, 0.05) is 42.7 Å². The Balaban J connectivity index is 0.000000383. The van der Waals surface area contributed by atoms with E-state index in [1.807, 2.05) is 17.5 Å². The van der Waals surface area contributed by atoms with E-state index in [1.54, 1.807) is 0 Å². The van der Waals surface area contributed by atoms with E-state index < -0.39 is 12.1 Å². The molecule has 1 aromatic rings. The lowest BCUT2D eigenvalue weighted by atomic mass is 9.84. The van der Waals surface area contributed by atoms with E-state index in [9.17, 15) is 18.0 Å². The first kappa shape index (κ1) is 25.9. The molecule has 1 spiro atoms. The molecule has 10 heteroatoms. The van der Waals surface area contributed by atoms with Crippen LogP contribution < -0.4 is 0 Å². The monoisotopic (exact) mass is 489 g/mol. The number of rotatable bonds is 4. The molecule has 0 aromatic carbocycles. The number of aromatic nitrogens is 1. The summed E-state index contributed by atoms with van der Waals surface area (Å²) >= 11 is 1.82. The number of carboxylic acids is 1. The van der Waals surface area contributed by atoms with Crippen molar-refractivity contribution < 1.29 is 27.9 Å². The fourth-order valence-electron chi connectivity index (χ4n) is 5.41. The lowest BCUT2D eigenvalue weighted by molar-refractivity contribution is -0.192. The number of thiazole rings is 1. The first-order valence-electron chi connectivity index (χ1n) is 11.8. The molecule has 0 bridgehead atoms. The molecule has 1 atom stereocenters. The molecule has 1 aromatic heterocycles. The Bertz CT molecular complexity index is 810. The summed E-state index contributed by atoms with van der Waals surface area (Å²) in [6.45, 7) is 6.42. The lowest BCUT2D eigenvalue weighted by Crippen LogP contribution is -2.48. The van der Waals surface area contributed by atoms with Crippen molar-refractivity contribution in [3.63, 3.8) is 0 Å². The van der Waals surface area contributed by atoms with E-state index in [-0.39, 0.29) is 5.54 Å². The number of aliphatic carboxylic acids is 1. The number of carbonyl (C=O) groups excluding carboxylic acids is 1. The van der Waals surface area contributed by atoms with Crippen LogP contribution in [-0.4, -0.2) is 63.1 Å². The Morgan fingerprint density at radius 1 is 1.18 bits per heavy atom. The zero-order valence-electron chi connectivity index (χ0n) is 19.2. The Morgan fingerprint density at radius 3 is 2.48 bits per heavy atom. The van der Waals surface area contributed by atoms with E-state index in [1.165, 1.54) is 49.8 Å². The molecular weight excluding hydrogens is 455 g/mol. The molecule has 3 heterocycles. The van der Waals surface area contributed by atoms with Crippen molar-refractivity contribution in [1.29, 1.82) is 0 Å². The lowest BCUT2D eigenvalue weighted by Gasteiger charge is -2.41. The number of nitrogens with zero attached hydrogens (tertiary/aromatic N) is 3. The normalized spacial score (nSPS) is 25.1. The van der Waals surface area contributed by atoms with Crippen LogP contribution in [0, 0.1) is 12.8 Å². The summed E-state index contributed by atoms with van der Waals surface area (Å²) in [6.07, 6.45) is 9.17.